The first-order valence-electron chi connectivity index (χ1n) is 5.90. The van der Waals surface area contributed by atoms with E-state index in [1.54, 1.807) is 12.4 Å². The Labute approximate surface area is 102 Å². The minimum atomic E-state index is 0.664. The first kappa shape index (κ1) is 11.8. The maximum absolute atomic E-state index is 4.36. The number of hydrogen-bond donors (Lipinski definition) is 2. The zero-order valence-electron chi connectivity index (χ0n) is 10.3. The Balaban J connectivity index is 1.97. The molecule has 2 heterocycles. The Hall–Kier alpha value is -1.68. The molecule has 0 fully saturated rings. The van der Waals surface area contributed by atoms with Crippen molar-refractivity contribution in [1.29, 1.82) is 0 Å². The van der Waals surface area contributed by atoms with Crippen molar-refractivity contribution in [2.45, 2.75) is 20.4 Å². The molecule has 2 N–H and O–H groups in total. The molecule has 2 aromatic rings. The molecule has 17 heavy (non-hydrogen) atoms. The van der Waals surface area contributed by atoms with E-state index in [1.807, 2.05) is 18.3 Å². The van der Waals surface area contributed by atoms with E-state index in [0.29, 0.717) is 5.92 Å². The molecule has 2 rings (SSSR count). The number of aromatic amines is 1. The van der Waals surface area contributed by atoms with Crippen LogP contribution in [0.15, 0.2) is 30.7 Å². The van der Waals surface area contributed by atoms with Crippen LogP contribution < -0.4 is 5.32 Å². The van der Waals surface area contributed by atoms with Gasteiger partial charge in [-0.15, -0.1) is 0 Å². The van der Waals surface area contributed by atoms with Crippen LogP contribution in [0.5, 0.6) is 0 Å². The summed E-state index contributed by atoms with van der Waals surface area (Å²) in [5.74, 6) is 1.56. The molecule has 0 bridgehead atoms. The van der Waals surface area contributed by atoms with Gasteiger partial charge in [-0.05, 0) is 24.6 Å². The number of rotatable bonds is 5. The van der Waals surface area contributed by atoms with Crippen molar-refractivity contribution in [3.63, 3.8) is 0 Å². The summed E-state index contributed by atoms with van der Waals surface area (Å²) in [5, 5.41) is 3.38. The van der Waals surface area contributed by atoms with Crippen LogP contribution in [-0.4, -0.2) is 21.5 Å². The van der Waals surface area contributed by atoms with Crippen LogP contribution in [0.4, 0.5) is 0 Å². The van der Waals surface area contributed by atoms with E-state index in [2.05, 4.69) is 34.1 Å². The van der Waals surface area contributed by atoms with Crippen LogP contribution in [0, 0.1) is 5.92 Å². The van der Waals surface area contributed by atoms with E-state index in [9.17, 15) is 0 Å². The van der Waals surface area contributed by atoms with Crippen molar-refractivity contribution in [1.82, 2.24) is 20.3 Å². The quantitative estimate of drug-likeness (QED) is 0.828. The molecule has 0 unspecified atom stereocenters. The zero-order chi connectivity index (χ0) is 12.1. The van der Waals surface area contributed by atoms with Crippen LogP contribution in [-0.2, 0) is 6.54 Å². The normalized spacial score (nSPS) is 11.0. The van der Waals surface area contributed by atoms with Crippen molar-refractivity contribution < 1.29 is 0 Å². The van der Waals surface area contributed by atoms with E-state index in [1.165, 1.54) is 0 Å². The monoisotopic (exact) mass is 230 g/mol. The molecule has 4 heteroatoms. The second-order valence-electron chi connectivity index (χ2n) is 4.52. The number of hydrogen-bond acceptors (Lipinski definition) is 3. The lowest BCUT2D eigenvalue weighted by Gasteiger charge is -2.05. The highest BCUT2D eigenvalue weighted by molar-refractivity contribution is 5.53. The van der Waals surface area contributed by atoms with Gasteiger partial charge in [-0.1, -0.05) is 13.8 Å². The van der Waals surface area contributed by atoms with Gasteiger partial charge in [0.25, 0.3) is 0 Å². The summed E-state index contributed by atoms with van der Waals surface area (Å²) in [5.41, 5.74) is 2.17. The number of aromatic nitrogens is 3. The molecule has 0 radical (unpaired) electrons. The molecule has 0 aromatic carbocycles. The molecule has 90 valence electrons. The van der Waals surface area contributed by atoms with Crippen LogP contribution >= 0.6 is 0 Å². The van der Waals surface area contributed by atoms with Crippen molar-refractivity contribution in [2.75, 3.05) is 6.54 Å². The second-order valence-corrected chi connectivity index (χ2v) is 4.52. The highest BCUT2D eigenvalue weighted by Crippen LogP contribution is 2.13. The third-order valence-corrected chi connectivity index (χ3v) is 2.45. The summed E-state index contributed by atoms with van der Waals surface area (Å²) in [6.07, 6.45) is 5.42. The largest absolute Gasteiger partial charge is 0.341 e. The lowest BCUT2D eigenvalue weighted by Crippen LogP contribution is -2.19. The molecule has 0 aliphatic rings. The Morgan fingerprint density at radius 3 is 2.76 bits per heavy atom. The first-order chi connectivity index (χ1) is 8.25. The fraction of sp³-hybridized carbons (Fsp3) is 0.385. The van der Waals surface area contributed by atoms with Gasteiger partial charge in [-0.25, -0.2) is 4.98 Å². The molecule has 0 aliphatic carbocycles. The molecule has 2 aromatic heterocycles. The number of imidazole rings is 1. The lowest BCUT2D eigenvalue weighted by atomic mass is 10.2. The molecule has 0 amide bonds. The van der Waals surface area contributed by atoms with E-state index in [4.69, 9.17) is 0 Å². The fourth-order valence-electron chi connectivity index (χ4n) is 1.60. The molecular weight excluding hydrogens is 212 g/mol. The Kier molecular flexibility index (Phi) is 3.88. The minimum Gasteiger partial charge on any atom is -0.341 e. The average Bonchev–Trinajstić information content (AvgIpc) is 2.78. The standard InChI is InChI=1S/C13H18N4/c1-10(2)7-15-8-12-9-16-13(17-12)11-3-5-14-6-4-11/h3-6,9-10,15H,7-8H2,1-2H3,(H,16,17). The average molecular weight is 230 g/mol. The van der Waals surface area contributed by atoms with E-state index >= 15 is 0 Å². The van der Waals surface area contributed by atoms with Gasteiger partial charge in [-0.2, -0.15) is 0 Å². The summed E-state index contributed by atoms with van der Waals surface area (Å²) in [6, 6.07) is 3.90. The maximum Gasteiger partial charge on any atom is 0.137 e. The summed E-state index contributed by atoms with van der Waals surface area (Å²) >= 11 is 0. The lowest BCUT2D eigenvalue weighted by molar-refractivity contribution is 0.549. The van der Waals surface area contributed by atoms with Crippen LogP contribution in [0.2, 0.25) is 0 Å². The number of nitrogens with zero attached hydrogens (tertiary/aromatic N) is 2. The fourth-order valence-corrected chi connectivity index (χ4v) is 1.60. The molecule has 0 spiro atoms. The highest BCUT2D eigenvalue weighted by atomic mass is 15.0. The predicted molar refractivity (Wildman–Crippen MR) is 68.4 cm³/mol. The maximum atomic E-state index is 4.36. The summed E-state index contributed by atoms with van der Waals surface area (Å²) in [7, 11) is 0. The van der Waals surface area contributed by atoms with Gasteiger partial charge in [-0.3, -0.25) is 4.98 Å². The Morgan fingerprint density at radius 2 is 2.06 bits per heavy atom. The predicted octanol–water partition coefficient (Wildman–Crippen LogP) is 2.22. The molecule has 0 saturated heterocycles. The van der Waals surface area contributed by atoms with Gasteiger partial charge in [0.15, 0.2) is 0 Å². The molecule has 0 saturated carbocycles. The summed E-state index contributed by atoms with van der Waals surface area (Å²) in [6.45, 7) is 6.24. The van der Waals surface area contributed by atoms with Crippen molar-refractivity contribution >= 4 is 0 Å². The molecule has 0 aliphatic heterocycles. The van der Waals surface area contributed by atoms with Crippen LogP contribution in [0.25, 0.3) is 11.4 Å². The minimum absolute atomic E-state index is 0.664. The molecule has 4 nitrogen and oxygen atoms in total. The summed E-state index contributed by atoms with van der Waals surface area (Å²) < 4.78 is 0. The number of pyridine rings is 1. The third-order valence-electron chi connectivity index (χ3n) is 2.45. The molecular formula is C13H18N4. The van der Waals surface area contributed by atoms with Gasteiger partial charge < -0.3 is 10.3 Å². The topological polar surface area (TPSA) is 53.6 Å². The van der Waals surface area contributed by atoms with Crippen molar-refractivity contribution in [3.05, 3.63) is 36.4 Å². The number of nitrogens with one attached hydrogen (secondary N) is 2. The van der Waals surface area contributed by atoms with Gasteiger partial charge in [0.1, 0.15) is 5.82 Å². The van der Waals surface area contributed by atoms with Crippen molar-refractivity contribution in [3.8, 4) is 11.4 Å². The first-order valence-corrected chi connectivity index (χ1v) is 5.90. The van der Waals surface area contributed by atoms with E-state index in [-0.39, 0.29) is 0 Å². The van der Waals surface area contributed by atoms with Gasteiger partial charge >= 0.3 is 0 Å². The smallest absolute Gasteiger partial charge is 0.137 e. The van der Waals surface area contributed by atoms with E-state index < -0.39 is 0 Å². The van der Waals surface area contributed by atoms with Gasteiger partial charge in [0, 0.05) is 36.4 Å². The van der Waals surface area contributed by atoms with Gasteiger partial charge in [0.2, 0.25) is 0 Å². The summed E-state index contributed by atoms with van der Waals surface area (Å²) in [4.78, 5) is 11.7. The Bertz CT molecular complexity index is 447. The number of H-pyrrole nitrogens is 1. The second kappa shape index (κ2) is 5.59. The van der Waals surface area contributed by atoms with Gasteiger partial charge in [0.05, 0.1) is 0 Å². The highest BCUT2D eigenvalue weighted by Gasteiger charge is 2.02. The SMILES string of the molecule is CC(C)CNCc1cnc(-c2ccncc2)[nH]1. The van der Waals surface area contributed by atoms with E-state index in [0.717, 1.165) is 30.2 Å². The van der Waals surface area contributed by atoms with Crippen LogP contribution in [0.3, 0.4) is 0 Å². The Morgan fingerprint density at radius 1 is 1.29 bits per heavy atom. The van der Waals surface area contributed by atoms with Crippen molar-refractivity contribution in [2.24, 2.45) is 5.92 Å². The zero-order valence-corrected chi connectivity index (χ0v) is 10.3. The third kappa shape index (κ3) is 3.39. The molecule has 0 atom stereocenters. The van der Waals surface area contributed by atoms with Crippen LogP contribution in [0.1, 0.15) is 19.5 Å².